The van der Waals surface area contributed by atoms with E-state index in [1.54, 1.807) is 0 Å². The van der Waals surface area contributed by atoms with Crippen LogP contribution in [0.15, 0.2) is 48.8 Å². The Balaban J connectivity index is 0.00000225. The molecule has 1 radical (unpaired) electrons. The van der Waals surface area contributed by atoms with Gasteiger partial charge in [0.05, 0.1) is 5.82 Å². The van der Waals surface area contributed by atoms with Crippen LogP contribution in [0.4, 0.5) is 0 Å². The Morgan fingerprint density at radius 2 is 1.60 bits per heavy atom. The molecule has 0 N–H and O–H groups in total. The van der Waals surface area contributed by atoms with Crippen molar-refractivity contribution in [3.63, 3.8) is 0 Å². The van der Waals surface area contributed by atoms with Crippen molar-refractivity contribution in [1.29, 1.82) is 0 Å². The van der Waals surface area contributed by atoms with E-state index < -0.39 is 0 Å². The maximum Gasteiger partial charge on any atom is 0.0561 e. The van der Waals surface area contributed by atoms with Gasteiger partial charge in [-0.15, -0.1) is 29.8 Å². The molecule has 0 unspecified atom stereocenters. The maximum absolute atomic E-state index is 4.55. The van der Waals surface area contributed by atoms with Gasteiger partial charge in [-0.3, -0.25) is 4.98 Å². The van der Waals surface area contributed by atoms with Crippen molar-refractivity contribution in [2.45, 2.75) is 39.5 Å². The van der Waals surface area contributed by atoms with Crippen molar-refractivity contribution < 1.29 is 20.1 Å². The normalized spacial score (nSPS) is 11.0. The van der Waals surface area contributed by atoms with E-state index in [-0.39, 0.29) is 20.1 Å². The number of benzene rings is 2. The largest absolute Gasteiger partial charge is 0.373 e. The van der Waals surface area contributed by atoms with Crippen LogP contribution in [0.1, 0.15) is 50.7 Å². The van der Waals surface area contributed by atoms with Gasteiger partial charge in [0.15, 0.2) is 0 Å². The number of rotatable bonds is 4. The minimum atomic E-state index is 0. The van der Waals surface area contributed by atoms with Crippen LogP contribution in [0, 0.1) is 6.07 Å². The molecule has 0 fully saturated rings. The summed E-state index contributed by atoms with van der Waals surface area (Å²) in [6, 6.07) is 16.4. The smallest absolute Gasteiger partial charge is 0.0561 e. The van der Waals surface area contributed by atoms with Crippen LogP contribution in [-0.4, -0.2) is 9.55 Å². The molecule has 2 aromatic carbocycles. The first kappa shape index (κ1) is 19.6. The number of hydrogen-bond donors (Lipinski definition) is 0. The Bertz CT molecular complexity index is 820. The quantitative estimate of drug-likeness (QED) is 0.407. The fourth-order valence-electron chi connectivity index (χ4n) is 3.30. The molecule has 0 atom stereocenters. The summed E-state index contributed by atoms with van der Waals surface area (Å²) in [7, 11) is 2.03. The van der Waals surface area contributed by atoms with Crippen molar-refractivity contribution >= 4 is 0 Å². The van der Waals surface area contributed by atoms with Crippen LogP contribution in [0.3, 0.4) is 0 Å². The first-order valence-corrected chi connectivity index (χ1v) is 8.62. The van der Waals surface area contributed by atoms with Crippen LogP contribution in [0.25, 0.3) is 22.5 Å². The van der Waals surface area contributed by atoms with E-state index in [0.29, 0.717) is 11.8 Å². The molecule has 3 rings (SSSR count). The Morgan fingerprint density at radius 1 is 0.960 bits per heavy atom. The monoisotopic (exact) mass is 510 g/mol. The van der Waals surface area contributed by atoms with Gasteiger partial charge in [-0.05, 0) is 23.0 Å². The van der Waals surface area contributed by atoms with Crippen LogP contribution >= 0.6 is 0 Å². The molecule has 133 valence electrons. The van der Waals surface area contributed by atoms with E-state index >= 15 is 0 Å². The summed E-state index contributed by atoms with van der Waals surface area (Å²) in [4.78, 5) is 4.55. The molecule has 0 spiro atoms. The molecule has 0 aliphatic rings. The minimum absolute atomic E-state index is 0. The van der Waals surface area contributed by atoms with Gasteiger partial charge in [-0.1, -0.05) is 57.0 Å². The van der Waals surface area contributed by atoms with Gasteiger partial charge in [0.25, 0.3) is 0 Å². The standard InChI is InChI=1S/C22H25N2.Ir/c1-15(2)17-11-8-12-18(16(3)4)21(17)19-9-6-7-10-20(19)22-23-13-14-24(22)5;/h6-9,11-16H,1-5H3;/q-1;. The number of nitrogens with zero attached hydrogens (tertiary/aromatic N) is 2. The van der Waals surface area contributed by atoms with E-state index in [2.05, 4.69) is 73.6 Å². The van der Waals surface area contributed by atoms with Crippen molar-refractivity contribution in [1.82, 2.24) is 9.55 Å². The molecule has 3 heteroatoms. The third-order valence-corrected chi connectivity index (χ3v) is 4.54. The van der Waals surface area contributed by atoms with Gasteiger partial charge >= 0.3 is 0 Å². The summed E-state index contributed by atoms with van der Waals surface area (Å²) >= 11 is 0. The number of hydrogen-bond acceptors (Lipinski definition) is 1. The summed E-state index contributed by atoms with van der Waals surface area (Å²) in [6.45, 7) is 9.04. The second-order valence-electron chi connectivity index (χ2n) is 6.94. The predicted molar refractivity (Wildman–Crippen MR) is 101 cm³/mol. The van der Waals surface area contributed by atoms with E-state index in [1.165, 1.54) is 22.3 Å². The zero-order chi connectivity index (χ0) is 17.3. The summed E-state index contributed by atoms with van der Waals surface area (Å²) in [5, 5.41) is 0. The molecule has 0 saturated carbocycles. The van der Waals surface area contributed by atoms with Crippen molar-refractivity contribution in [3.05, 3.63) is 66.0 Å². The van der Waals surface area contributed by atoms with Crippen molar-refractivity contribution in [3.8, 4) is 22.5 Å². The third-order valence-electron chi connectivity index (χ3n) is 4.54. The molecule has 0 aliphatic heterocycles. The Morgan fingerprint density at radius 3 is 2.12 bits per heavy atom. The second-order valence-corrected chi connectivity index (χ2v) is 6.94. The minimum Gasteiger partial charge on any atom is -0.373 e. The van der Waals surface area contributed by atoms with E-state index in [0.717, 1.165) is 11.4 Å². The van der Waals surface area contributed by atoms with E-state index in [4.69, 9.17) is 0 Å². The molecular weight excluding hydrogens is 484 g/mol. The van der Waals surface area contributed by atoms with Gasteiger partial charge < -0.3 is 4.57 Å². The molecule has 1 aromatic heterocycles. The van der Waals surface area contributed by atoms with Crippen molar-refractivity contribution in [2.75, 3.05) is 0 Å². The van der Waals surface area contributed by atoms with E-state index in [1.807, 2.05) is 25.5 Å². The molecule has 25 heavy (non-hydrogen) atoms. The first-order valence-electron chi connectivity index (χ1n) is 8.62. The third kappa shape index (κ3) is 3.78. The summed E-state index contributed by atoms with van der Waals surface area (Å²) in [5.41, 5.74) is 6.41. The van der Waals surface area contributed by atoms with E-state index in [9.17, 15) is 0 Å². The Kier molecular flexibility index (Phi) is 6.37. The fourth-order valence-corrected chi connectivity index (χ4v) is 3.30. The van der Waals surface area contributed by atoms with Gasteiger partial charge in [0.1, 0.15) is 0 Å². The van der Waals surface area contributed by atoms with Crippen LogP contribution in [-0.2, 0) is 27.2 Å². The topological polar surface area (TPSA) is 17.8 Å². The molecule has 2 nitrogen and oxygen atoms in total. The van der Waals surface area contributed by atoms with Crippen molar-refractivity contribution in [2.24, 2.45) is 7.05 Å². The number of imidazole rings is 1. The molecule has 0 aliphatic carbocycles. The SMILES string of the molecule is CC(C)c1cccc(C(C)C)c1-c1ccc[c-]c1-c1nccn1C.[Ir]. The van der Waals surface area contributed by atoms with Gasteiger partial charge in [0, 0.05) is 39.5 Å². The second kappa shape index (κ2) is 8.12. The first-order chi connectivity index (χ1) is 11.5. The predicted octanol–water partition coefficient (Wildman–Crippen LogP) is 5.80. The molecule has 0 amide bonds. The average Bonchev–Trinajstić information content (AvgIpc) is 3.00. The fraction of sp³-hybridized carbons (Fsp3) is 0.318. The molecule has 0 bridgehead atoms. The Labute approximate surface area is 164 Å². The Hall–Kier alpha value is -1.70. The molecule has 0 saturated heterocycles. The van der Waals surface area contributed by atoms with Crippen LogP contribution in [0.5, 0.6) is 0 Å². The summed E-state index contributed by atoms with van der Waals surface area (Å²) < 4.78 is 2.06. The molecule has 1 heterocycles. The van der Waals surface area contributed by atoms with Gasteiger partial charge in [-0.2, -0.15) is 0 Å². The van der Waals surface area contributed by atoms with Crippen LogP contribution < -0.4 is 0 Å². The molecule has 3 aromatic rings. The van der Waals surface area contributed by atoms with Crippen LogP contribution in [0.2, 0.25) is 0 Å². The average molecular weight is 510 g/mol. The zero-order valence-electron chi connectivity index (χ0n) is 15.5. The maximum atomic E-state index is 4.55. The number of aromatic nitrogens is 2. The van der Waals surface area contributed by atoms with Gasteiger partial charge in [-0.25, -0.2) is 0 Å². The molecular formula is C22H25IrN2-. The number of aryl methyl sites for hydroxylation is 1. The summed E-state index contributed by atoms with van der Waals surface area (Å²) in [6.07, 6.45) is 3.83. The zero-order valence-corrected chi connectivity index (χ0v) is 17.9. The van der Waals surface area contributed by atoms with Gasteiger partial charge in [0.2, 0.25) is 0 Å². The summed E-state index contributed by atoms with van der Waals surface area (Å²) in [5.74, 6) is 1.89.